The van der Waals surface area contributed by atoms with Crippen molar-refractivity contribution >= 4 is 22.8 Å². The molecule has 0 saturated heterocycles. The van der Waals surface area contributed by atoms with Crippen molar-refractivity contribution in [1.29, 1.82) is 0 Å². The minimum atomic E-state index is -0.00101. The molecule has 0 spiro atoms. The van der Waals surface area contributed by atoms with E-state index in [0.717, 1.165) is 22.8 Å². The molecule has 2 aromatic carbocycles. The third-order valence-electron chi connectivity index (χ3n) is 2.84. The van der Waals surface area contributed by atoms with Crippen LogP contribution in [0.25, 0.3) is 16.8 Å². The molecule has 0 radical (unpaired) electrons. The van der Waals surface area contributed by atoms with E-state index in [1.165, 1.54) is 6.92 Å². The highest BCUT2D eigenvalue weighted by Crippen LogP contribution is 2.21. The summed E-state index contributed by atoms with van der Waals surface area (Å²) in [6.45, 7) is 2.18. The van der Waals surface area contributed by atoms with E-state index in [1.54, 1.807) is 12.1 Å². The van der Waals surface area contributed by atoms with Crippen LogP contribution in [0.4, 0.5) is 0 Å². The molecule has 2 rings (SSSR count). The smallest absolute Gasteiger partial charge is 0.216 e. The molecule has 0 aliphatic heterocycles. The number of nitrogens with one attached hydrogen (secondary N) is 1. The van der Waals surface area contributed by atoms with Crippen molar-refractivity contribution < 1.29 is 9.90 Å². The zero-order valence-electron chi connectivity index (χ0n) is 10.9. The Morgan fingerprint density at radius 3 is 2.74 bits per heavy atom. The molecule has 0 aliphatic rings. The first-order chi connectivity index (χ1) is 9.15. The molecule has 0 bridgehead atoms. The Morgan fingerprint density at radius 2 is 1.95 bits per heavy atom. The lowest BCUT2D eigenvalue weighted by Gasteiger charge is -2.01. The van der Waals surface area contributed by atoms with Crippen LogP contribution in [0.3, 0.4) is 0 Å². The summed E-state index contributed by atoms with van der Waals surface area (Å²) in [4.78, 5) is 10.7. The van der Waals surface area contributed by atoms with Crippen LogP contribution in [0, 0.1) is 0 Å². The van der Waals surface area contributed by atoms with Crippen LogP contribution in [0.1, 0.15) is 18.9 Å². The number of hydrogen-bond donors (Lipinski definition) is 2. The summed E-state index contributed by atoms with van der Waals surface area (Å²) in [5.41, 5.74) is 1.11. The molecular weight excluding hydrogens is 238 g/mol. The predicted octanol–water partition coefficient (Wildman–Crippen LogP) is 3.08. The van der Waals surface area contributed by atoms with Crippen LogP contribution >= 0.6 is 0 Å². The molecule has 0 saturated carbocycles. The van der Waals surface area contributed by atoms with Gasteiger partial charge in [-0.05, 0) is 41.0 Å². The van der Waals surface area contributed by atoms with Crippen molar-refractivity contribution in [3.63, 3.8) is 0 Å². The van der Waals surface area contributed by atoms with E-state index < -0.39 is 0 Å². The molecule has 0 fully saturated rings. The van der Waals surface area contributed by atoms with Gasteiger partial charge < -0.3 is 10.4 Å². The van der Waals surface area contributed by atoms with Gasteiger partial charge in [0.15, 0.2) is 0 Å². The molecule has 0 aromatic heterocycles. The SMILES string of the molecule is CC(=O)NCCC=Cc1ccc2cc(O)ccc2c1. The van der Waals surface area contributed by atoms with Gasteiger partial charge in [-0.15, -0.1) is 0 Å². The highest BCUT2D eigenvalue weighted by molar-refractivity contribution is 5.85. The van der Waals surface area contributed by atoms with Crippen molar-refractivity contribution in [1.82, 2.24) is 5.32 Å². The first-order valence-electron chi connectivity index (χ1n) is 6.29. The summed E-state index contributed by atoms with van der Waals surface area (Å²) in [7, 11) is 0. The van der Waals surface area contributed by atoms with Gasteiger partial charge in [-0.1, -0.05) is 30.4 Å². The number of rotatable bonds is 4. The first kappa shape index (κ1) is 13.1. The van der Waals surface area contributed by atoms with Crippen molar-refractivity contribution in [2.75, 3.05) is 6.54 Å². The number of aromatic hydroxyl groups is 1. The van der Waals surface area contributed by atoms with Gasteiger partial charge in [0.1, 0.15) is 5.75 Å². The Bertz CT molecular complexity index is 617. The lowest BCUT2D eigenvalue weighted by atomic mass is 10.1. The van der Waals surface area contributed by atoms with Gasteiger partial charge in [0.25, 0.3) is 0 Å². The molecule has 2 N–H and O–H groups in total. The van der Waals surface area contributed by atoms with Crippen molar-refractivity contribution in [3.05, 3.63) is 48.0 Å². The van der Waals surface area contributed by atoms with Crippen LogP contribution < -0.4 is 5.32 Å². The second-order valence-electron chi connectivity index (χ2n) is 4.46. The topological polar surface area (TPSA) is 49.3 Å². The largest absolute Gasteiger partial charge is 0.508 e. The fourth-order valence-electron chi connectivity index (χ4n) is 1.91. The van der Waals surface area contributed by atoms with E-state index in [4.69, 9.17) is 0 Å². The monoisotopic (exact) mass is 255 g/mol. The fraction of sp³-hybridized carbons (Fsp3) is 0.188. The number of carbonyl (C=O) groups excluding carboxylic acids is 1. The molecule has 98 valence electrons. The van der Waals surface area contributed by atoms with Gasteiger partial charge >= 0.3 is 0 Å². The highest BCUT2D eigenvalue weighted by Gasteiger charge is 1.96. The van der Waals surface area contributed by atoms with E-state index >= 15 is 0 Å². The lowest BCUT2D eigenvalue weighted by molar-refractivity contribution is -0.118. The Hall–Kier alpha value is -2.29. The second-order valence-corrected chi connectivity index (χ2v) is 4.46. The summed E-state index contributed by atoms with van der Waals surface area (Å²) in [5.74, 6) is 0.282. The van der Waals surface area contributed by atoms with Gasteiger partial charge in [-0.25, -0.2) is 0 Å². The van der Waals surface area contributed by atoms with E-state index in [-0.39, 0.29) is 11.7 Å². The van der Waals surface area contributed by atoms with Gasteiger partial charge in [-0.3, -0.25) is 4.79 Å². The molecule has 1 amide bonds. The summed E-state index contributed by atoms with van der Waals surface area (Å²) >= 11 is 0. The summed E-state index contributed by atoms with van der Waals surface area (Å²) in [6, 6.07) is 11.4. The Balaban J connectivity index is 2.03. The van der Waals surface area contributed by atoms with E-state index in [1.807, 2.05) is 30.4 Å². The molecule has 3 nitrogen and oxygen atoms in total. The summed E-state index contributed by atoms with van der Waals surface area (Å²) < 4.78 is 0. The first-order valence-corrected chi connectivity index (χ1v) is 6.29. The second kappa shape index (κ2) is 6.05. The van der Waals surface area contributed by atoms with Crippen molar-refractivity contribution in [3.8, 4) is 5.75 Å². The molecule has 0 unspecified atom stereocenters. The highest BCUT2D eigenvalue weighted by atomic mass is 16.3. The third kappa shape index (κ3) is 3.85. The zero-order valence-corrected chi connectivity index (χ0v) is 10.9. The van der Waals surface area contributed by atoms with Crippen LogP contribution in [0.2, 0.25) is 0 Å². The predicted molar refractivity (Wildman–Crippen MR) is 77.9 cm³/mol. The van der Waals surface area contributed by atoms with Crippen LogP contribution in [-0.4, -0.2) is 17.6 Å². The van der Waals surface area contributed by atoms with Gasteiger partial charge in [0.2, 0.25) is 5.91 Å². The Kier molecular flexibility index (Phi) is 4.18. The summed E-state index contributed by atoms with van der Waals surface area (Å²) in [6.07, 6.45) is 4.89. The fourth-order valence-corrected chi connectivity index (χ4v) is 1.91. The third-order valence-corrected chi connectivity index (χ3v) is 2.84. The number of benzene rings is 2. The molecule has 3 heteroatoms. The van der Waals surface area contributed by atoms with Crippen molar-refractivity contribution in [2.45, 2.75) is 13.3 Å². The average molecular weight is 255 g/mol. The number of hydrogen-bond acceptors (Lipinski definition) is 2. The number of phenols is 1. The van der Waals surface area contributed by atoms with Gasteiger partial charge in [-0.2, -0.15) is 0 Å². The molecule has 19 heavy (non-hydrogen) atoms. The molecule has 0 aliphatic carbocycles. The number of fused-ring (bicyclic) bond motifs is 1. The van der Waals surface area contributed by atoms with Crippen molar-refractivity contribution in [2.24, 2.45) is 0 Å². The molecule has 0 atom stereocenters. The molecule has 0 heterocycles. The van der Waals surface area contributed by atoms with E-state index in [9.17, 15) is 9.90 Å². The number of phenolic OH excluding ortho intramolecular Hbond substituents is 1. The summed E-state index contributed by atoms with van der Waals surface area (Å²) in [5, 5.41) is 14.3. The normalized spacial score (nSPS) is 11.0. The number of carbonyl (C=O) groups is 1. The molecular formula is C16H17NO2. The number of amides is 1. The zero-order chi connectivity index (χ0) is 13.7. The van der Waals surface area contributed by atoms with E-state index in [0.29, 0.717) is 6.54 Å². The maximum absolute atomic E-state index is 10.7. The standard InChI is InChI=1S/C16H17NO2/c1-12(18)17-9-3-2-4-13-5-6-15-11-16(19)8-7-14(15)10-13/h2,4-8,10-11,19H,3,9H2,1H3,(H,17,18). The molecule has 2 aromatic rings. The lowest BCUT2D eigenvalue weighted by Crippen LogP contribution is -2.20. The van der Waals surface area contributed by atoms with Gasteiger partial charge in [0, 0.05) is 13.5 Å². The average Bonchev–Trinajstić information content (AvgIpc) is 2.38. The van der Waals surface area contributed by atoms with Crippen LogP contribution in [0.5, 0.6) is 5.75 Å². The Labute approximate surface area is 112 Å². The maximum atomic E-state index is 10.7. The minimum absolute atomic E-state index is 0.00101. The van der Waals surface area contributed by atoms with Gasteiger partial charge in [0.05, 0.1) is 0 Å². The quantitative estimate of drug-likeness (QED) is 0.825. The minimum Gasteiger partial charge on any atom is -0.508 e. The van der Waals surface area contributed by atoms with Crippen LogP contribution in [-0.2, 0) is 4.79 Å². The van der Waals surface area contributed by atoms with Crippen LogP contribution in [0.15, 0.2) is 42.5 Å². The Morgan fingerprint density at radius 1 is 1.21 bits per heavy atom. The maximum Gasteiger partial charge on any atom is 0.216 e. The van der Waals surface area contributed by atoms with E-state index in [2.05, 4.69) is 11.4 Å².